The first-order valence-corrected chi connectivity index (χ1v) is 8.05. The first-order valence-electron chi connectivity index (χ1n) is 8.05. The number of carbonyl (C=O) groups is 4. The van der Waals surface area contributed by atoms with Gasteiger partial charge in [0.15, 0.2) is 24.6 Å². The van der Waals surface area contributed by atoms with Gasteiger partial charge in [0.1, 0.15) is 6.10 Å². The number of esters is 4. The van der Waals surface area contributed by atoms with Crippen LogP contribution in [0.15, 0.2) is 0 Å². The number of carbonyl (C=O) groups excluding carboxylic acids is 4. The molecule has 0 amide bonds. The summed E-state index contributed by atoms with van der Waals surface area (Å²) in [5, 5.41) is 0. The van der Waals surface area contributed by atoms with E-state index >= 15 is 0 Å². The third-order valence-corrected chi connectivity index (χ3v) is 3.42. The average molecular weight is 376 g/mol. The lowest BCUT2D eigenvalue weighted by Crippen LogP contribution is -2.62. The van der Waals surface area contributed by atoms with Gasteiger partial charge in [-0.3, -0.25) is 19.2 Å². The van der Waals surface area contributed by atoms with Crippen molar-refractivity contribution in [1.82, 2.24) is 0 Å². The van der Waals surface area contributed by atoms with Crippen molar-refractivity contribution >= 4 is 23.9 Å². The molecular weight excluding hydrogens is 352 g/mol. The molecule has 0 aliphatic carbocycles. The van der Waals surface area contributed by atoms with E-state index in [2.05, 4.69) is 4.74 Å². The largest absolute Gasteiger partial charge is 0.469 e. The lowest BCUT2D eigenvalue weighted by molar-refractivity contribution is -0.303. The van der Waals surface area contributed by atoms with Gasteiger partial charge in [0.25, 0.3) is 0 Å². The number of methoxy groups -OCH3 is 1. The van der Waals surface area contributed by atoms with Crippen molar-refractivity contribution in [3.8, 4) is 0 Å². The van der Waals surface area contributed by atoms with Crippen LogP contribution in [0.5, 0.6) is 0 Å². The zero-order valence-electron chi connectivity index (χ0n) is 15.4. The molecule has 1 rings (SSSR count). The van der Waals surface area contributed by atoms with Gasteiger partial charge in [-0.15, -0.1) is 0 Å². The van der Waals surface area contributed by atoms with Crippen molar-refractivity contribution in [3.63, 3.8) is 0 Å². The summed E-state index contributed by atoms with van der Waals surface area (Å²) in [5.74, 6) is -2.69. The predicted molar refractivity (Wildman–Crippen MR) is 83.6 cm³/mol. The Hall–Kier alpha value is -2.20. The van der Waals surface area contributed by atoms with Crippen LogP contribution >= 0.6 is 0 Å². The van der Waals surface area contributed by atoms with Crippen LogP contribution in [0.1, 0.15) is 34.1 Å². The van der Waals surface area contributed by atoms with Crippen molar-refractivity contribution in [3.05, 3.63) is 0 Å². The molecule has 1 saturated heterocycles. The van der Waals surface area contributed by atoms with Crippen LogP contribution in [-0.2, 0) is 47.6 Å². The number of hydrogen-bond donors (Lipinski definition) is 0. The first-order chi connectivity index (χ1) is 12.2. The van der Waals surface area contributed by atoms with Crippen molar-refractivity contribution in [2.24, 2.45) is 0 Å². The topological polar surface area (TPSA) is 124 Å². The lowest BCUT2D eigenvalue weighted by atomic mass is 9.96. The van der Waals surface area contributed by atoms with Crippen LogP contribution in [0.3, 0.4) is 0 Å². The molecule has 5 atom stereocenters. The quantitative estimate of drug-likeness (QED) is 0.446. The third kappa shape index (κ3) is 6.26. The molecule has 148 valence electrons. The van der Waals surface area contributed by atoms with E-state index in [0.29, 0.717) is 0 Å². The van der Waals surface area contributed by atoms with E-state index in [1.807, 2.05) is 0 Å². The maximum absolute atomic E-state index is 11.7. The highest BCUT2D eigenvalue weighted by Crippen LogP contribution is 2.31. The van der Waals surface area contributed by atoms with Gasteiger partial charge in [-0.25, -0.2) is 0 Å². The summed E-state index contributed by atoms with van der Waals surface area (Å²) in [4.78, 5) is 46.2. The molecule has 0 aromatic heterocycles. The van der Waals surface area contributed by atoms with E-state index in [1.165, 1.54) is 7.11 Å². The van der Waals surface area contributed by atoms with Crippen molar-refractivity contribution in [2.75, 3.05) is 13.7 Å². The Kier molecular flexibility index (Phi) is 8.46. The predicted octanol–water partition coefficient (Wildman–Crippen LogP) is 0.106. The maximum Gasteiger partial charge on any atom is 0.308 e. The van der Waals surface area contributed by atoms with Gasteiger partial charge >= 0.3 is 23.9 Å². The molecule has 10 heteroatoms. The zero-order chi connectivity index (χ0) is 19.9. The van der Waals surface area contributed by atoms with Crippen LogP contribution in [0.25, 0.3) is 0 Å². The number of hydrogen-bond acceptors (Lipinski definition) is 10. The van der Waals surface area contributed by atoms with Crippen LogP contribution in [-0.4, -0.2) is 68.3 Å². The minimum absolute atomic E-state index is 0.193. The summed E-state index contributed by atoms with van der Waals surface area (Å²) in [6.07, 6.45) is -6.05. The monoisotopic (exact) mass is 376 g/mol. The smallest absolute Gasteiger partial charge is 0.308 e. The molecule has 0 aromatic carbocycles. The van der Waals surface area contributed by atoms with Gasteiger partial charge in [0.05, 0.1) is 13.5 Å². The first kappa shape index (κ1) is 21.8. The minimum Gasteiger partial charge on any atom is -0.469 e. The van der Waals surface area contributed by atoms with Crippen molar-refractivity contribution < 1.29 is 47.6 Å². The summed E-state index contributed by atoms with van der Waals surface area (Å²) in [5.41, 5.74) is 0. The van der Waals surface area contributed by atoms with Crippen LogP contribution in [0.2, 0.25) is 0 Å². The highest BCUT2D eigenvalue weighted by Gasteiger charge is 2.52. The molecular formula is C16H24O10. The Morgan fingerprint density at radius 2 is 1.35 bits per heavy atom. The standard InChI is InChI=1S/C16H24O10/c1-6-22-16-15(25-10(4)19)14(24-9(3)18)13(23-8(2)17)11(26-16)7-12(20)21-5/h11,13-16H,6-7H2,1-5H3/t11-,13-,14+,15-,16-/m1/s1. The fraction of sp³-hybridized carbons (Fsp3) is 0.750. The second-order valence-corrected chi connectivity index (χ2v) is 5.50. The molecule has 0 radical (unpaired) electrons. The van der Waals surface area contributed by atoms with Crippen molar-refractivity contribution in [2.45, 2.75) is 64.8 Å². The lowest BCUT2D eigenvalue weighted by Gasteiger charge is -2.44. The van der Waals surface area contributed by atoms with E-state index in [4.69, 9.17) is 23.7 Å². The normalized spacial score (nSPS) is 28.0. The van der Waals surface area contributed by atoms with Crippen LogP contribution < -0.4 is 0 Å². The Bertz CT molecular complexity index is 531. The van der Waals surface area contributed by atoms with E-state index in [0.717, 1.165) is 20.8 Å². The summed E-state index contributed by atoms with van der Waals surface area (Å²) < 4.78 is 31.3. The molecule has 10 nitrogen and oxygen atoms in total. The van der Waals surface area contributed by atoms with Crippen molar-refractivity contribution in [1.29, 1.82) is 0 Å². The fourth-order valence-corrected chi connectivity index (χ4v) is 2.57. The highest BCUT2D eigenvalue weighted by molar-refractivity contribution is 5.71. The second kappa shape index (κ2) is 10.1. The second-order valence-electron chi connectivity index (χ2n) is 5.50. The van der Waals surface area contributed by atoms with E-state index in [9.17, 15) is 19.2 Å². The Morgan fingerprint density at radius 1 is 0.846 bits per heavy atom. The molecule has 1 heterocycles. The van der Waals surface area contributed by atoms with Gasteiger partial charge < -0.3 is 28.4 Å². The molecule has 0 saturated carbocycles. The maximum atomic E-state index is 11.7. The minimum atomic E-state index is -1.22. The summed E-state index contributed by atoms with van der Waals surface area (Å²) in [6.45, 7) is 5.34. The molecule has 26 heavy (non-hydrogen) atoms. The summed E-state index contributed by atoms with van der Waals surface area (Å²) >= 11 is 0. The number of ether oxygens (including phenoxy) is 6. The molecule has 0 unspecified atom stereocenters. The van der Waals surface area contributed by atoms with Gasteiger partial charge in [0.2, 0.25) is 0 Å². The molecule has 1 aliphatic heterocycles. The average Bonchev–Trinajstić information content (AvgIpc) is 2.53. The van der Waals surface area contributed by atoms with Gasteiger partial charge in [-0.2, -0.15) is 0 Å². The fourth-order valence-electron chi connectivity index (χ4n) is 2.57. The highest BCUT2D eigenvalue weighted by atomic mass is 16.7. The van der Waals surface area contributed by atoms with Gasteiger partial charge in [-0.1, -0.05) is 0 Å². The summed E-state index contributed by atoms with van der Waals surface area (Å²) in [6, 6.07) is 0. The van der Waals surface area contributed by atoms with Gasteiger partial charge in [-0.05, 0) is 6.92 Å². The Balaban J connectivity index is 3.26. The SMILES string of the molecule is CCO[C@@H]1O[C@H](CC(=O)OC)[C@@H](OC(C)=O)[C@H](OC(C)=O)[C@H]1OC(C)=O. The van der Waals surface area contributed by atoms with Crippen LogP contribution in [0, 0.1) is 0 Å². The number of rotatable bonds is 7. The molecule has 0 N–H and O–H groups in total. The molecule has 0 spiro atoms. The van der Waals surface area contributed by atoms with Crippen LogP contribution in [0.4, 0.5) is 0 Å². The summed E-state index contributed by atoms with van der Waals surface area (Å²) in [7, 11) is 1.19. The third-order valence-electron chi connectivity index (χ3n) is 3.42. The molecule has 1 aliphatic rings. The van der Waals surface area contributed by atoms with E-state index in [-0.39, 0.29) is 13.0 Å². The molecule has 0 bridgehead atoms. The Morgan fingerprint density at radius 3 is 1.81 bits per heavy atom. The van der Waals surface area contributed by atoms with E-state index in [1.54, 1.807) is 6.92 Å². The molecule has 0 aromatic rings. The van der Waals surface area contributed by atoms with E-state index < -0.39 is 54.6 Å². The Labute approximate surface area is 151 Å². The zero-order valence-corrected chi connectivity index (χ0v) is 15.4. The molecule has 1 fully saturated rings. The van der Waals surface area contributed by atoms with Gasteiger partial charge in [0, 0.05) is 27.4 Å².